The van der Waals surface area contributed by atoms with Gasteiger partial charge in [-0.3, -0.25) is 0 Å². The third-order valence-corrected chi connectivity index (χ3v) is 3.10. The summed E-state index contributed by atoms with van der Waals surface area (Å²) in [6.45, 7) is 3.04. The van der Waals surface area contributed by atoms with Crippen molar-refractivity contribution in [3.05, 3.63) is 0 Å². The van der Waals surface area contributed by atoms with Gasteiger partial charge < -0.3 is 10.1 Å². The summed E-state index contributed by atoms with van der Waals surface area (Å²) in [7, 11) is 0. The lowest BCUT2D eigenvalue weighted by atomic mass is 9.81. The third-order valence-electron chi connectivity index (χ3n) is 3.10. The van der Waals surface area contributed by atoms with E-state index >= 15 is 0 Å². The number of nitrogens with one attached hydrogen (secondary N) is 1. The zero-order chi connectivity index (χ0) is 8.44. The SMILES string of the molecule is FC1(C2CCOC2)CCNCC1. The Kier molecular flexibility index (Phi) is 2.33. The average Bonchev–Trinajstić information content (AvgIpc) is 2.58. The van der Waals surface area contributed by atoms with E-state index in [1.165, 1.54) is 0 Å². The van der Waals surface area contributed by atoms with Crippen LogP contribution in [0.4, 0.5) is 4.39 Å². The highest BCUT2D eigenvalue weighted by atomic mass is 19.1. The minimum Gasteiger partial charge on any atom is -0.381 e. The monoisotopic (exact) mass is 173 g/mol. The predicted octanol–water partition coefficient (Wildman–Crippen LogP) is 1.11. The number of halogens is 1. The molecule has 2 nitrogen and oxygen atoms in total. The van der Waals surface area contributed by atoms with Crippen molar-refractivity contribution in [1.82, 2.24) is 5.32 Å². The fourth-order valence-electron chi connectivity index (χ4n) is 2.19. The van der Waals surface area contributed by atoms with Crippen LogP contribution in [0.3, 0.4) is 0 Å². The lowest BCUT2D eigenvalue weighted by Gasteiger charge is -2.34. The summed E-state index contributed by atoms with van der Waals surface area (Å²) in [6, 6.07) is 0. The van der Waals surface area contributed by atoms with Crippen LogP contribution in [0.25, 0.3) is 0 Å². The van der Waals surface area contributed by atoms with E-state index in [1.807, 2.05) is 0 Å². The zero-order valence-electron chi connectivity index (χ0n) is 7.31. The number of ether oxygens (including phenoxy) is 1. The topological polar surface area (TPSA) is 21.3 Å². The van der Waals surface area contributed by atoms with Crippen molar-refractivity contribution in [3.8, 4) is 0 Å². The molecular weight excluding hydrogens is 157 g/mol. The predicted molar refractivity (Wildman–Crippen MR) is 44.9 cm³/mol. The molecule has 1 atom stereocenters. The number of hydrogen-bond donors (Lipinski definition) is 1. The lowest BCUT2D eigenvalue weighted by Crippen LogP contribution is -2.44. The highest BCUT2D eigenvalue weighted by Gasteiger charge is 2.41. The normalized spacial score (nSPS) is 35.2. The molecule has 0 spiro atoms. The van der Waals surface area contributed by atoms with Gasteiger partial charge in [0, 0.05) is 12.5 Å². The average molecular weight is 173 g/mol. The molecule has 1 N–H and O–H groups in total. The molecule has 1 unspecified atom stereocenters. The molecule has 0 aromatic carbocycles. The molecule has 2 fully saturated rings. The first-order chi connectivity index (χ1) is 5.81. The molecule has 70 valence electrons. The van der Waals surface area contributed by atoms with E-state index in [2.05, 4.69) is 5.32 Å². The Hall–Kier alpha value is -0.150. The zero-order valence-corrected chi connectivity index (χ0v) is 7.31. The second-order valence-electron chi connectivity index (χ2n) is 3.85. The maximum Gasteiger partial charge on any atom is 0.118 e. The van der Waals surface area contributed by atoms with Crippen molar-refractivity contribution in [2.45, 2.75) is 24.9 Å². The van der Waals surface area contributed by atoms with Gasteiger partial charge in [-0.1, -0.05) is 0 Å². The van der Waals surface area contributed by atoms with Crippen molar-refractivity contribution in [1.29, 1.82) is 0 Å². The van der Waals surface area contributed by atoms with Gasteiger partial charge in [-0.15, -0.1) is 0 Å². The van der Waals surface area contributed by atoms with Crippen LogP contribution in [-0.2, 0) is 4.74 Å². The Labute approximate surface area is 72.5 Å². The fraction of sp³-hybridized carbons (Fsp3) is 1.00. The Balaban J connectivity index is 1.97. The van der Waals surface area contributed by atoms with E-state index in [0.717, 1.165) is 26.1 Å². The Morgan fingerprint density at radius 3 is 2.67 bits per heavy atom. The summed E-state index contributed by atoms with van der Waals surface area (Å²) in [6.07, 6.45) is 2.25. The van der Waals surface area contributed by atoms with Gasteiger partial charge in [-0.25, -0.2) is 4.39 Å². The maximum absolute atomic E-state index is 14.2. The van der Waals surface area contributed by atoms with Crippen LogP contribution in [0.1, 0.15) is 19.3 Å². The Morgan fingerprint density at radius 2 is 2.08 bits per heavy atom. The molecule has 0 aromatic rings. The first kappa shape index (κ1) is 8.45. The number of hydrogen-bond acceptors (Lipinski definition) is 2. The summed E-state index contributed by atoms with van der Waals surface area (Å²) in [5, 5.41) is 3.18. The molecule has 2 aliphatic heterocycles. The van der Waals surface area contributed by atoms with Gasteiger partial charge in [0.15, 0.2) is 0 Å². The van der Waals surface area contributed by atoms with Crippen LogP contribution in [-0.4, -0.2) is 32.0 Å². The summed E-state index contributed by atoms with van der Waals surface area (Å²) in [5.41, 5.74) is -0.929. The minimum atomic E-state index is -0.929. The summed E-state index contributed by atoms with van der Waals surface area (Å²) >= 11 is 0. The quantitative estimate of drug-likeness (QED) is 0.641. The first-order valence-electron chi connectivity index (χ1n) is 4.79. The van der Waals surface area contributed by atoms with Crippen molar-refractivity contribution in [2.24, 2.45) is 5.92 Å². The third kappa shape index (κ3) is 1.48. The van der Waals surface area contributed by atoms with Gasteiger partial charge in [0.25, 0.3) is 0 Å². The molecule has 2 saturated heterocycles. The highest BCUT2D eigenvalue weighted by Crippen LogP contribution is 2.36. The van der Waals surface area contributed by atoms with Gasteiger partial charge in [-0.05, 0) is 32.4 Å². The fourth-order valence-corrected chi connectivity index (χ4v) is 2.19. The van der Waals surface area contributed by atoms with E-state index in [9.17, 15) is 4.39 Å². The number of piperidine rings is 1. The van der Waals surface area contributed by atoms with Crippen LogP contribution in [0.15, 0.2) is 0 Å². The Bertz CT molecular complexity index is 151. The molecular formula is C9H16FNO. The summed E-state index contributed by atoms with van der Waals surface area (Å²) in [5.74, 6) is 0.166. The van der Waals surface area contributed by atoms with Crippen LogP contribution < -0.4 is 5.32 Å². The largest absolute Gasteiger partial charge is 0.381 e. The molecule has 0 amide bonds. The van der Waals surface area contributed by atoms with Gasteiger partial charge >= 0.3 is 0 Å². The van der Waals surface area contributed by atoms with Crippen LogP contribution in [0.5, 0.6) is 0 Å². The highest BCUT2D eigenvalue weighted by molar-refractivity contribution is 4.92. The van der Waals surface area contributed by atoms with Gasteiger partial charge in [0.05, 0.1) is 6.61 Å². The van der Waals surface area contributed by atoms with Crippen molar-refractivity contribution < 1.29 is 9.13 Å². The molecule has 0 aromatic heterocycles. The molecule has 0 radical (unpaired) electrons. The standard InChI is InChI=1S/C9H16FNO/c10-9(2-4-11-5-3-9)8-1-6-12-7-8/h8,11H,1-7H2. The van der Waals surface area contributed by atoms with Crippen molar-refractivity contribution >= 4 is 0 Å². The smallest absolute Gasteiger partial charge is 0.118 e. The minimum absolute atomic E-state index is 0.166. The van der Waals surface area contributed by atoms with Gasteiger partial charge in [0.1, 0.15) is 5.67 Å². The van der Waals surface area contributed by atoms with E-state index in [4.69, 9.17) is 4.74 Å². The van der Waals surface area contributed by atoms with Gasteiger partial charge in [-0.2, -0.15) is 0 Å². The van der Waals surface area contributed by atoms with Crippen LogP contribution in [0, 0.1) is 5.92 Å². The van der Waals surface area contributed by atoms with Gasteiger partial charge in [0.2, 0.25) is 0 Å². The second-order valence-corrected chi connectivity index (χ2v) is 3.85. The molecule has 3 heteroatoms. The van der Waals surface area contributed by atoms with Crippen LogP contribution in [0.2, 0.25) is 0 Å². The van der Waals surface area contributed by atoms with Crippen molar-refractivity contribution in [3.63, 3.8) is 0 Å². The molecule has 2 aliphatic rings. The molecule has 2 heterocycles. The number of rotatable bonds is 1. The lowest BCUT2D eigenvalue weighted by molar-refractivity contribution is 0.0374. The molecule has 12 heavy (non-hydrogen) atoms. The van der Waals surface area contributed by atoms with E-state index in [1.54, 1.807) is 0 Å². The summed E-state index contributed by atoms with van der Waals surface area (Å²) < 4.78 is 19.4. The number of alkyl halides is 1. The van der Waals surface area contributed by atoms with Crippen molar-refractivity contribution in [2.75, 3.05) is 26.3 Å². The van der Waals surface area contributed by atoms with Crippen LogP contribution >= 0.6 is 0 Å². The Morgan fingerprint density at radius 1 is 1.33 bits per heavy atom. The maximum atomic E-state index is 14.2. The first-order valence-corrected chi connectivity index (χ1v) is 4.79. The summed E-state index contributed by atoms with van der Waals surface area (Å²) in [4.78, 5) is 0. The van der Waals surface area contributed by atoms with E-state index in [-0.39, 0.29) is 5.92 Å². The van der Waals surface area contributed by atoms with E-state index < -0.39 is 5.67 Å². The van der Waals surface area contributed by atoms with E-state index in [0.29, 0.717) is 19.4 Å². The second kappa shape index (κ2) is 3.30. The molecule has 0 aliphatic carbocycles. The molecule has 2 rings (SSSR count). The molecule has 0 bridgehead atoms. The molecule has 0 saturated carbocycles.